The van der Waals surface area contributed by atoms with Gasteiger partial charge in [-0.1, -0.05) is 15.9 Å². The Labute approximate surface area is 193 Å². The zero-order valence-electron chi connectivity index (χ0n) is 17.5. The van der Waals surface area contributed by atoms with Crippen molar-refractivity contribution in [3.05, 3.63) is 46.4 Å². The number of benzene rings is 2. The molecule has 2 aliphatic heterocycles. The average molecular weight is 503 g/mol. The van der Waals surface area contributed by atoms with Crippen LogP contribution < -0.4 is 31.2 Å². The van der Waals surface area contributed by atoms with Crippen LogP contribution in [0.2, 0.25) is 0 Å². The molecule has 0 unspecified atom stereocenters. The van der Waals surface area contributed by atoms with E-state index in [-0.39, 0.29) is 24.7 Å². The van der Waals surface area contributed by atoms with Crippen LogP contribution in [0.1, 0.15) is 18.4 Å². The number of amides is 3. The molecule has 0 aliphatic carbocycles. The van der Waals surface area contributed by atoms with Gasteiger partial charge in [-0.05, 0) is 36.8 Å². The molecule has 2 heterocycles. The Hall–Kier alpha value is -3.11. The topological polar surface area (TPSA) is 132 Å². The standard InChI is InChI=1S/C22H23BrN4O5/c1-31-13-4-6-18(32-2)17(10-13)25-20(29)15-8-12(9-19(24)28)27-22(15)14-7-11(23)3-5-16(14)26-21(22)30/h3-7,10,12,15,27H,8-9H2,1-2H3,(H2,24,28)(H,25,29)(H,26,30)/t12-,15+,22-/m0/s1. The van der Waals surface area contributed by atoms with E-state index in [1.165, 1.54) is 14.2 Å². The first-order valence-electron chi connectivity index (χ1n) is 9.99. The Balaban J connectivity index is 1.75. The number of nitrogens with one attached hydrogen (secondary N) is 3. The minimum absolute atomic E-state index is 0.00459. The normalized spacial score (nSPS) is 23.5. The molecule has 168 valence electrons. The molecule has 5 N–H and O–H groups in total. The van der Waals surface area contributed by atoms with Crippen LogP contribution in [-0.4, -0.2) is 38.0 Å². The van der Waals surface area contributed by atoms with Crippen molar-refractivity contribution in [2.45, 2.75) is 24.4 Å². The van der Waals surface area contributed by atoms with Gasteiger partial charge in [0.2, 0.25) is 17.7 Å². The third-order valence-corrected chi connectivity index (χ3v) is 6.41. The maximum atomic E-state index is 13.6. The van der Waals surface area contributed by atoms with E-state index in [4.69, 9.17) is 15.2 Å². The number of halogens is 1. The summed E-state index contributed by atoms with van der Waals surface area (Å²) in [6, 6.07) is 9.99. The molecule has 0 aromatic heterocycles. The molecular weight excluding hydrogens is 480 g/mol. The molecule has 32 heavy (non-hydrogen) atoms. The second-order valence-corrected chi connectivity index (χ2v) is 8.72. The highest BCUT2D eigenvalue weighted by Crippen LogP contribution is 2.48. The third-order valence-electron chi connectivity index (χ3n) is 5.92. The highest BCUT2D eigenvalue weighted by molar-refractivity contribution is 9.10. The quantitative estimate of drug-likeness (QED) is 0.478. The molecule has 1 fully saturated rings. The van der Waals surface area contributed by atoms with Crippen molar-refractivity contribution in [2.75, 3.05) is 24.9 Å². The van der Waals surface area contributed by atoms with E-state index in [1.807, 2.05) is 6.07 Å². The number of carbonyl (C=O) groups is 3. The Morgan fingerprint density at radius 2 is 2.00 bits per heavy atom. The lowest BCUT2D eigenvalue weighted by Gasteiger charge is -2.29. The predicted molar refractivity (Wildman–Crippen MR) is 121 cm³/mol. The van der Waals surface area contributed by atoms with Gasteiger partial charge in [-0.3, -0.25) is 19.7 Å². The maximum absolute atomic E-state index is 13.6. The van der Waals surface area contributed by atoms with E-state index in [0.717, 1.165) is 4.47 Å². The number of nitrogens with two attached hydrogens (primary N) is 1. The van der Waals surface area contributed by atoms with Crippen molar-refractivity contribution in [3.8, 4) is 11.5 Å². The van der Waals surface area contributed by atoms with Gasteiger partial charge in [-0.2, -0.15) is 0 Å². The van der Waals surface area contributed by atoms with E-state index in [2.05, 4.69) is 31.9 Å². The van der Waals surface area contributed by atoms with Gasteiger partial charge in [0.05, 0.1) is 25.8 Å². The van der Waals surface area contributed by atoms with Crippen molar-refractivity contribution in [3.63, 3.8) is 0 Å². The smallest absolute Gasteiger partial charge is 0.250 e. The van der Waals surface area contributed by atoms with Crippen molar-refractivity contribution in [1.82, 2.24) is 5.32 Å². The van der Waals surface area contributed by atoms with Crippen LogP contribution in [-0.2, 0) is 19.9 Å². The molecule has 0 saturated carbocycles. The van der Waals surface area contributed by atoms with Gasteiger partial charge < -0.3 is 25.8 Å². The van der Waals surface area contributed by atoms with Crippen molar-refractivity contribution < 1.29 is 23.9 Å². The minimum Gasteiger partial charge on any atom is -0.497 e. The highest BCUT2D eigenvalue weighted by Gasteiger charge is 2.60. The van der Waals surface area contributed by atoms with Crippen LogP contribution >= 0.6 is 15.9 Å². The number of hydrogen-bond donors (Lipinski definition) is 4. The van der Waals surface area contributed by atoms with Crippen LogP contribution in [0.3, 0.4) is 0 Å². The van der Waals surface area contributed by atoms with Gasteiger partial charge >= 0.3 is 0 Å². The Morgan fingerprint density at radius 1 is 1.22 bits per heavy atom. The molecule has 1 spiro atoms. The lowest BCUT2D eigenvalue weighted by Crippen LogP contribution is -2.52. The summed E-state index contributed by atoms with van der Waals surface area (Å²) < 4.78 is 11.4. The number of ether oxygens (including phenoxy) is 2. The molecule has 4 rings (SSSR count). The maximum Gasteiger partial charge on any atom is 0.250 e. The van der Waals surface area contributed by atoms with E-state index in [0.29, 0.717) is 28.4 Å². The molecule has 2 aromatic rings. The minimum atomic E-state index is -1.34. The van der Waals surface area contributed by atoms with E-state index in [1.54, 1.807) is 30.3 Å². The predicted octanol–water partition coefficient (Wildman–Crippen LogP) is 2.11. The number of carbonyl (C=O) groups excluding carboxylic acids is 3. The summed E-state index contributed by atoms with van der Waals surface area (Å²) in [6.07, 6.45) is 0.255. The first kappa shape index (κ1) is 22.1. The fourth-order valence-electron chi connectivity index (χ4n) is 4.54. The summed E-state index contributed by atoms with van der Waals surface area (Å²) in [6.45, 7) is 0. The number of fused-ring (bicyclic) bond motifs is 2. The van der Waals surface area contributed by atoms with Crippen LogP contribution in [0, 0.1) is 5.92 Å². The summed E-state index contributed by atoms with van der Waals surface area (Å²) >= 11 is 3.44. The molecule has 3 atom stereocenters. The van der Waals surface area contributed by atoms with Crippen LogP contribution in [0.4, 0.5) is 11.4 Å². The Morgan fingerprint density at radius 3 is 2.69 bits per heavy atom. The van der Waals surface area contributed by atoms with Gasteiger partial charge in [-0.25, -0.2) is 0 Å². The van der Waals surface area contributed by atoms with Crippen LogP contribution in [0.25, 0.3) is 0 Å². The highest BCUT2D eigenvalue weighted by atomic mass is 79.9. The van der Waals surface area contributed by atoms with Crippen molar-refractivity contribution in [2.24, 2.45) is 11.7 Å². The zero-order chi connectivity index (χ0) is 23.0. The fraction of sp³-hybridized carbons (Fsp3) is 0.318. The number of anilines is 2. The van der Waals surface area contributed by atoms with Crippen LogP contribution in [0.5, 0.6) is 11.5 Å². The number of methoxy groups -OCH3 is 2. The molecule has 9 nitrogen and oxygen atoms in total. The fourth-order valence-corrected chi connectivity index (χ4v) is 4.90. The number of hydrogen-bond acceptors (Lipinski definition) is 6. The van der Waals surface area contributed by atoms with Crippen molar-refractivity contribution in [1.29, 1.82) is 0 Å². The van der Waals surface area contributed by atoms with E-state index >= 15 is 0 Å². The average Bonchev–Trinajstić information content (AvgIpc) is 3.26. The molecule has 3 amide bonds. The molecule has 10 heteroatoms. The molecule has 2 aromatic carbocycles. The summed E-state index contributed by atoms with van der Waals surface area (Å²) in [7, 11) is 3.02. The summed E-state index contributed by atoms with van der Waals surface area (Å²) in [5.74, 6) is -1.07. The Bertz CT molecular complexity index is 1110. The molecule has 0 bridgehead atoms. The van der Waals surface area contributed by atoms with Gasteiger partial charge in [0, 0.05) is 34.3 Å². The van der Waals surface area contributed by atoms with Gasteiger partial charge in [0.1, 0.15) is 17.0 Å². The summed E-state index contributed by atoms with van der Waals surface area (Å²) in [4.78, 5) is 38.4. The third kappa shape index (κ3) is 3.69. The largest absolute Gasteiger partial charge is 0.497 e. The van der Waals surface area contributed by atoms with Crippen molar-refractivity contribution >= 4 is 45.0 Å². The first-order valence-corrected chi connectivity index (χ1v) is 10.8. The van der Waals surface area contributed by atoms with E-state index in [9.17, 15) is 14.4 Å². The van der Waals surface area contributed by atoms with E-state index < -0.39 is 23.4 Å². The number of rotatable bonds is 6. The summed E-state index contributed by atoms with van der Waals surface area (Å²) in [5, 5.41) is 8.98. The molecular formula is C22H23BrN4O5. The Kier molecular flexibility index (Phi) is 5.83. The molecule has 0 radical (unpaired) electrons. The molecule has 1 saturated heterocycles. The lowest BCUT2D eigenvalue weighted by atomic mass is 9.79. The monoisotopic (exact) mass is 502 g/mol. The van der Waals surface area contributed by atoms with Gasteiger partial charge in [0.25, 0.3) is 0 Å². The number of primary amides is 1. The summed E-state index contributed by atoms with van der Waals surface area (Å²) in [5.41, 5.74) is 5.74. The first-order chi connectivity index (χ1) is 15.3. The second-order valence-electron chi connectivity index (χ2n) is 7.81. The van der Waals surface area contributed by atoms with Crippen LogP contribution in [0.15, 0.2) is 40.9 Å². The van der Waals surface area contributed by atoms with Gasteiger partial charge in [0.15, 0.2) is 0 Å². The zero-order valence-corrected chi connectivity index (χ0v) is 19.1. The van der Waals surface area contributed by atoms with Gasteiger partial charge in [-0.15, -0.1) is 0 Å². The molecule has 2 aliphatic rings. The lowest BCUT2D eigenvalue weighted by molar-refractivity contribution is -0.130. The second kappa shape index (κ2) is 8.44. The SMILES string of the molecule is COc1ccc(OC)c(NC(=O)[C@H]2C[C@@H](CC(N)=O)N[C@]23C(=O)Nc2ccc(Br)cc23)c1.